The largest absolute Gasteiger partial charge is 0.134 e. The molecule has 0 spiro atoms. The van der Waals surface area contributed by atoms with Gasteiger partial charge in [0, 0.05) is 30.0 Å². The molecule has 0 bridgehead atoms. The minimum atomic E-state index is 0.981. The van der Waals surface area contributed by atoms with Crippen molar-refractivity contribution in [2.75, 3.05) is 0 Å². The SMILES string of the molecule is CCCCCCCCCCc1ccc(Cc2ccc3cc4c(cc3c2)sc2c3cc5ccc(Sc6ccc(CCCCCCCCCC)cc6)cc5cc3sc42)cc1. The van der Waals surface area contributed by atoms with E-state index in [1.165, 1.54) is 199 Å². The molecular weight excluding hydrogens is 757 g/mol. The van der Waals surface area contributed by atoms with Crippen LogP contribution in [0.25, 0.3) is 51.1 Å². The highest BCUT2D eigenvalue weighted by Crippen LogP contribution is 2.46. The molecule has 58 heavy (non-hydrogen) atoms. The summed E-state index contributed by atoms with van der Waals surface area (Å²) in [5.41, 5.74) is 5.75. The number of aryl methyl sites for hydroxylation is 2. The van der Waals surface area contributed by atoms with E-state index in [-0.39, 0.29) is 0 Å². The molecule has 0 aliphatic rings. The van der Waals surface area contributed by atoms with E-state index in [0.29, 0.717) is 0 Å². The zero-order valence-corrected chi connectivity index (χ0v) is 37.5. The maximum Gasteiger partial charge on any atom is 0.0542 e. The van der Waals surface area contributed by atoms with Crippen LogP contribution >= 0.6 is 34.4 Å². The second-order valence-electron chi connectivity index (χ2n) is 16.9. The molecular formula is C55H62S3. The smallest absolute Gasteiger partial charge is 0.0542 e. The Kier molecular flexibility index (Phi) is 14.6. The molecule has 8 aromatic rings. The highest BCUT2D eigenvalue weighted by Gasteiger charge is 2.15. The first-order valence-electron chi connectivity index (χ1n) is 22.7. The fourth-order valence-electron chi connectivity index (χ4n) is 8.79. The van der Waals surface area contributed by atoms with E-state index in [2.05, 4.69) is 123 Å². The molecule has 2 aromatic heterocycles. The third kappa shape index (κ3) is 10.6. The molecule has 8 rings (SSSR count). The van der Waals surface area contributed by atoms with E-state index in [4.69, 9.17) is 0 Å². The van der Waals surface area contributed by atoms with E-state index in [9.17, 15) is 0 Å². The van der Waals surface area contributed by atoms with E-state index in [1.54, 1.807) is 0 Å². The fourth-order valence-corrected chi connectivity index (χ4v) is 12.4. The Hall–Kier alpha value is -3.63. The van der Waals surface area contributed by atoms with Crippen LogP contribution in [0.5, 0.6) is 0 Å². The van der Waals surface area contributed by atoms with E-state index in [1.807, 2.05) is 34.4 Å². The zero-order chi connectivity index (χ0) is 39.5. The average Bonchev–Trinajstić information content (AvgIpc) is 3.77. The van der Waals surface area contributed by atoms with Crippen LogP contribution in [0.3, 0.4) is 0 Å². The van der Waals surface area contributed by atoms with E-state index < -0.39 is 0 Å². The lowest BCUT2D eigenvalue weighted by Gasteiger charge is -2.07. The van der Waals surface area contributed by atoms with Crippen molar-refractivity contribution in [3.05, 3.63) is 131 Å². The molecule has 0 saturated heterocycles. The lowest BCUT2D eigenvalue weighted by molar-refractivity contribution is 0.575. The molecule has 6 aromatic carbocycles. The van der Waals surface area contributed by atoms with Gasteiger partial charge in [-0.05, 0) is 124 Å². The maximum atomic E-state index is 2.44. The summed E-state index contributed by atoms with van der Waals surface area (Å²) in [6, 6.07) is 42.6. The van der Waals surface area contributed by atoms with Crippen molar-refractivity contribution >= 4 is 85.6 Å². The fraction of sp³-hybridized carbons (Fsp3) is 0.382. The first kappa shape index (κ1) is 41.1. The van der Waals surface area contributed by atoms with Gasteiger partial charge in [0.25, 0.3) is 0 Å². The van der Waals surface area contributed by atoms with E-state index >= 15 is 0 Å². The van der Waals surface area contributed by atoms with Crippen molar-refractivity contribution in [2.24, 2.45) is 0 Å². The van der Waals surface area contributed by atoms with Gasteiger partial charge in [0.15, 0.2) is 0 Å². The number of fused-ring (bicyclic) bond motifs is 7. The predicted octanol–water partition coefficient (Wildman–Crippen LogP) is 18.7. The molecule has 2 heterocycles. The van der Waals surface area contributed by atoms with Gasteiger partial charge in [-0.15, -0.1) is 22.7 Å². The molecule has 0 atom stereocenters. The molecule has 300 valence electrons. The highest BCUT2D eigenvalue weighted by atomic mass is 32.2. The summed E-state index contributed by atoms with van der Waals surface area (Å²) in [6.45, 7) is 4.59. The summed E-state index contributed by atoms with van der Waals surface area (Å²) in [5, 5.41) is 8.14. The highest BCUT2D eigenvalue weighted by molar-refractivity contribution is 7.99. The standard InChI is InChI=1S/C55H62S3/c1-3-5-7-9-11-13-15-17-19-40-21-23-42(24-22-40)33-43-25-28-44-36-50-52(38-46(44)34-43)57-55-51-37-45-29-32-49(35-47(45)39-53(51)58-54(50)55)56-48-30-26-41(27-31-48)20-18-16-14-12-10-8-6-4-2/h21-32,34-39H,3-20,33H2,1-2H3. The summed E-state index contributed by atoms with van der Waals surface area (Å²) in [5.74, 6) is 0. The Morgan fingerprint density at radius 1 is 0.362 bits per heavy atom. The summed E-state index contributed by atoms with van der Waals surface area (Å²) >= 11 is 5.82. The Balaban J connectivity index is 0.892. The van der Waals surface area contributed by atoms with Crippen molar-refractivity contribution in [3.8, 4) is 0 Å². The molecule has 0 N–H and O–H groups in total. The van der Waals surface area contributed by atoms with Crippen molar-refractivity contribution in [3.63, 3.8) is 0 Å². The van der Waals surface area contributed by atoms with Gasteiger partial charge < -0.3 is 0 Å². The van der Waals surface area contributed by atoms with Gasteiger partial charge in [-0.1, -0.05) is 176 Å². The van der Waals surface area contributed by atoms with Gasteiger partial charge in [0.1, 0.15) is 0 Å². The molecule has 0 radical (unpaired) electrons. The predicted molar refractivity (Wildman–Crippen MR) is 262 cm³/mol. The number of hydrogen-bond donors (Lipinski definition) is 0. The van der Waals surface area contributed by atoms with Gasteiger partial charge in [0.2, 0.25) is 0 Å². The number of rotatable bonds is 22. The van der Waals surface area contributed by atoms with Gasteiger partial charge in [-0.3, -0.25) is 0 Å². The summed E-state index contributed by atoms with van der Waals surface area (Å²) in [7, 11) is 0. The Morgan fingerprint density at radius 3 is 1.34 bits per heavy atom. The topological polar surface area (TPSA) is 0 Å². The molecule has 0 amide bonds. The lowest BCUT2D eigenvalue weighted by atomic mass is 9.98. The summed E-state index contributed by atoms with van der Waals surface area (Å²) < 4.78 is 5.66. The minimum absolute atomic E-state index is 0.981. The van der Waals surface area contributed by atoms with Crippen molar-refractivity contribution in [1.29, 1.82) is 0 Å². The molecule has 0 aliphatic heterocycles. The van der Waals surface area contributed by atoms with Crippen LogP contribution in [0.2, 0.25) is 0 Å². The Morgan fingerprint density at radius 2 is 0.793 bits per heavy atom. The maximum absolute atomic E-state index is 2.44. The summed E-state index contributed by atoms with van der Waals surface area (Å²) in [4.78, 5) is 2.63. The number of hydrogen-bond acceptors (Lipinski definition) is 3. The van der Waals surface area contributed by atoms with Crippen LogP contribution < -0.4 is 0 Å². The van der Waals surface area contributed by atoms with Crippen LogP contribution in [0.15, 0.2) is 119 Å². The zero-order valence-electron chi connectivity index (χ0n) is 35.1. The second-order valence-corrected chi connectivity index (χ2v) is 20.2. The van der Waals surface area contributed by atoms with Crippen molar-refractivity contribution in [2.45, 2.75) is 146 Å². The van der Waals surface area contributed by atoms with Gasteiger partial charge in [-0.2, -0.15) is 0 Å². The third-order valence-corrected chi connectivity index (χ3v) is 15.8. The van der Waals surface area contributed by atoms with Gasteiger partial charge in [-0.25, -0.2) is 0 Å². The lowest BCUT2D eigenvalue weighted by Crippen LogP contribution is -1.91. The quantitative estimate of drug-likeness (QED) is 0.0614. The molecule has 3 heteroatoms. The van der Waals surface area contributed by atoms with Crippen molar-refractivity contribution in [1.82, 2.24) is 0 Å². The van der Waals surface area contributed by atoms with Crippen LogP contribution in [0.1, 0.15) is 139 Å². The second kappa shape index (κ2) is 20.6. The minimum Gasteiger partial charge on any atom is -0.134 e. The van der Waals surface area contributed by atoms with Crippen LogP contribution in [-0.4, -0.2) is 0 Å². The Bertz CT molecular complexity index is 2350. The monoisotopic (exact) mass is 818 g/mol. The number of thiophene rings is 2. The van der Waals surface area contributed by atoms with Gasteiger partial charge >= 0.3 is 0 Å². The molecule has 0 aliphatic carbocycles. The molecule has 0 fully saturated rings. The van der Waals surface area contributed by atoms with Crippen LogP contribution in [0, 0.1) is 0 Å². The molecule has 0 nitrogen and oxygen atoms in total. The first-order chi connectivity index (χ1) is 28.6. The first-order valence-corrected chi connectivity index (χ1v) is 25.2. The summed E-state index contributed by atoms with van der Waals surface area (Å²) in [6.07, 6.45) is 25.5. The van der Waals surface area contributed by atoms with Crippen LogP contribution in [0.4, 0.5) is 0 Å². The van der Waals surface area contributed by atoms with Gasteiger partial charge in [0.05, 0.1) is 9.40 Å². The Labute approximate surface area is 360 Å². The average molecular weight is 819 g/mol. The van der Waals surface area contributed by atoms with Crippen LogP contribution in [-0.2, 0) is 19.3 Å². The van der Waals surface area contributed by atoms with Crippen molar-refractivity contribution < 1.29 is 0 Å². The number of benzene rings is 6. The normalized spacial score (nSPS) is 12.0. The third-order valence-electron chi connectivity index (χ3n) is 12.3. The number of unbranched alkanes of at least 4 members (excludes halogenated alkanes) is 14. The van der Waals surface area contributed by atoms with E-state index in [0.717, 1.165) is 6.42 Å². The molecule has 0 saturated carbocycles. The molecule has 0 unspecified atom stereocenters.